The molecule has 0 bridgehead atoms. The van der Waals surface area contributed by atoms with Gasteiger partial charge in [0.1, 0.15) is 4.88 Å². The summed E-state index contributed by atoms with van der Waals surface area (Å²) >= 11 is 6.84. The van der Waals surface area contributed by atoms with E-state index in [1.807, 2.05) is 0 Å². The van der Waals surface area contributed by atoms with E-state index in [1.165, 1.54) is 13.0 Å². The molecule has 0 aliphatic rings. The predicted molar refractivity (Wildman–Crippen MR) is 91.8 cm³/mol. The van der Waals surface area contributed by atoms with E-state index >= 15 is 0 Å². The molecule has 7 nitrogen and oxygen atoms in total. The van der Waals surface area contributed by atoms with Gasteiger partial charge in [0.15, 0.2) is 6.10 Å². The van der Waals surface area contributed by atoms with Crippen LogP contribution in [0.15, 0.2) is 35.1 Å². The van der Waals surface area contributed by atoms with Crippen molar-refractivity contribution >= 4 is 51.5 Å². The van der Waals surface area contributed by atoms with Gasteiger partial charge in [0.25, 0.3) is 5.91 Å². The molecule has 0 radical (unpaired) electrons. The van der Waals surface area contributed by atoms with Crippen molar-refractivity contribution in [2.24, 2.45) is 0 Å². The summed E-state index contributed by atoms with van der Waals surface area (Å²) in [6.07, 6.45) is -0.987. The minimum absolute atomic E-state index is 0.325. The van der Waals surface area contributed by atoms with Crippen molar-refractivity contribution in [1.82, 2.24) is 9.97 Å². The zero-order valence-electron chi connectivity index (χ0n) is 12.4. The van der Waals surface area contributed by atoms with Crippen LogP contribution in [0.25, 0.3) is 11.0 Å². The second-order valence-electron chi connectivity index (χ2n) is 4.98. The topological polar surface area (TPSA) is 104 Å². The molecule has 0 spiro atoms. The Kier molecular flexibility index (Phi) is 4.41. The van der Waals surface area contributed by atoms with E-state index in [2.05, 4.69) is 15.3 Å². The van der Waals surface area contributed by atoms with E-state index in [1.54, 1.807) is 24.3 Å². The van der Waals surface area contributed by atoms with Crippen molar-refractivity contribution in [3.8, 4) is 0 Å². The van der Waals surface area contributed by atoms with Crippen molar-refractivity contribution in [2.45, 2.75) is 13.0 Å². The van der Waals surface area contributed by atoms with Gasteiger partial charge >= 0.3 is 11.7 Å². The first-order valence-electron chi connectivity index (χ1n) is 6.91. The number of aromatic amines is 2. The third-order valence-electron chi connectivity index (χ3n) is 3.21. The van der Waals surface area contributed by atoms with Crippen LogP contribution in [0.5, 0.6) is 0 Å². The van der Waals surface area contributed by atoms with E-state index in [9.17, 15) is 14.4 Å². The van der Waals surface area contributed by atoms with Gasteiger partial charge in [-0.25, -0.2) is 9.59 Å². The van der Waals surface area contributed by atoms with E-state index in [-0.39, 0.29) is 5.69 Å². The van der Waals surface area contributed by atoms with Crippen LogP contribution in [0.3, 0.4) is 0 Å². The molecule has 124 valence electrons. The Balaban J connectivity index is 1.66. The number of amides is 1. The Hall–Kier alpha value is -2.58. The van der Waals surface area contributed by atoms with Crippen LogP contribution in [0.2, 0.25) is 4.34 Å². The number of fused-ring (bicyclic) bond motifs is 1. The zero-order valence-corrected chi connectivity index (χ0v) is 14.0. The highest BCUT2D eigenvalue weighted by Gasteiger charge is 2.20. The average molecular weight is 366 g/mol. The number of aromatic nitrogens is 2. The lowest BCUT2D eigenvalue weighted by molar-refractivity contribution is -0.123. The zero-order chi connectivity index (χ0) is 17.3. The molecule has 0 saturated heterocycles. The van der Waals surface area contributed by atoms with Crippen LogP contribution in [-0.2, 0) is 9.53 Å². The van der Waals surface area contributed by atoms with Gasteiger partial charge in [0.2, 0.25) is 0 Å². The quantitative estimate of drug-likeness (QED) is 0.618. The lowest BCUT2D eigenvalue weighted by Crippen LogP contribution is -2.29. The fourth-order valence-electron chi connectivity index (χ4n) is 2.05. The van der Waals surface area contributed by atoms with Crippen LogP contribution in [-0.4, -0.2) is 27.9 Å². The number of H-pyrrole nitrogens is 2. The van der Waals surface area contributed by atoms with E-state index < -0.39 is 18.0 Å². The lowest BCUT2D eigenvalue weighted by atomic mass is 10.2. The number of nitrogens with one attached hydrogen (secondary N) is 3. The van der Waals surface area contributed by atoms with Crippen LogP contribution in [0.1, 0.15) is 16.6 Å². The molecule has 0 unspecified atom stereocenters. The van der Waals surface area contributed by atoms with Crippen LogP contribution in [0, 0.1) is 0 Å². The molecule has 1 atom stereocenters. The van der Waals surface area contributed by atoms with E-state index in [0.29, 0.717) is 25.9 Å². The maximum atomic E-state index is 12.1. The van der Waals surface area contributed by atoms with E-state index in [4.69, 9.17) is 16.3 Å². The second-order valence-corrected chi connectivity index (χ2v) is 6.70. The maximum absolute atomic E-state index is 12.1. The molecule has 1 aromatic carbocycles. The second kappa shape index (κ2) is 6.50. The number of imidazole rings is 1. The highest BCUT2D eigenvalue weighted by Crippen LogP contribution is 2.22. The largest absolute Gasteiger partial charge is 0.448 e. The first kappa shape index (κ1) is 16.3. The third kappa shape index (κ3) is 3.50. The number of benzene rings is 1. The molecule has 0 saturated carbocycles. The van der Waals surface area contributed by atoms with Gasteiger partial charge in [-0.3, -0.25) is 4.79 Å². The molecule has 3 aromatic rings. The monoisotopic (exact) mass is 365 g/mol. The summed E-state index contributed by atoms with van der Waals surface area (Å²) in [5.41, 5.74) is 1.35. The normalized spacial score (nSPS) is 12.1. The van der Waals surface area contributed by atoms with Crippen LogP contribution in [0.4, 0.5) is 5.69 Å². The van der Waals surface area contributed by atoms with Gasteiger partial charge in [-0.15, -0.1) is 11.3 Å². The van der Waals surface area contributed by atoms with Gasteiger partial charge in [-0.1, -0.05) is 11.6 Å². The van der Waals surface area contributed by atoms with Crippen molar-refractivity contribution in [2.75, 3.05) is 5.32 Å². The molecular weight excluding hydrogens is 354 g/mol. The summed E-state index contributed by atoms with van der Waals surface area (Å²) in [6.45, 7) is 1.47. The maximum Gasteiger partial charge on any atom is 0.349 e. The Labute approximate surface area is 144 Å². The summed E-state index contributed by atoms with van der Waals surface area (Å²) in [7, 11) is 0. The fraction of sp³-hybridized carbons (Fsp3) is 0.133. The standard InChI is InChI=1S/C15H12ClN3O4S/c1-7(23-14(21)11-4-5-12(16)24-11)13(20)17-8-2-3-9-10(6-8)19-15(22)18-9/h2-7H,1H3,(H,17,20)(H2,18,19,22)/t7-/m0/s1. The van der Waals surface area contributed by atoms with Gasteiger partial charge < -0.3 is 20.0 Å². The lowest BCUT2D eigenvalue weighted by Gasteiger charge is -2.13. The number of carbonyl (C=O) groups excluding carboxylic acids is 2. The first-order chi connectivity index (χ1) is 11.4. The van der Waals surface area contributed by atoms with E-state index in [0.717, 1.165) is 11.3 Å². The Morgan fingerprint density at radius 2 is 1.96 bits per heavy atom. The summed E-state index contributed by atoms with van der Waals surface area (Å²) in [4.78, 5) is 40.8. The molecule has 1 amide bonds. The van der Waals surface area contributed by atoms with Crippen molar-refractivity contribution in [1.29, 1.82) is 0 Å². The third-order valence-corrected chi connectivity index (χ3v) is 4.42. The first-order valence-corrected chi connectivity index (χ1v) is 8.11. The smallest absolute Gasteiger partial charge is 0.349 e. The minimum atomic E-state index is -0.987. The average Bonchev–Trinajstić information content (AvgIpc) is 3.11. The molecule has 3 rings (SSSR count). The molecule has 24 heavy (non-hydrogen) atoms. The van der Waals surface area contributed by atoms with Crippen molar-refractivity contribution in [3.05, 3.63) is 50.0 Å². The van der Waals surface area contributed by atoms with Crippen LogP contribution < -0.4 is 11.0 Å². The predicted octanol–water partition coefficient (Wildman–Crippen LogP) is 2.76. The molecule has 3 N–H and O–H groups in total. The summed E-state index contributed by atoms with van der Waals surface area (Å²) in [5.74, 6) is -1.09. The number of anilines is 1. The minimum Gasteiger partial charge on any atom is -0.448 e. The number of ether oxygens (including phenoxy) is 1. The summed E-state index contributed by atoms with van der Waals surface area (Å²) in [5, 5.41) is 2.63. The van der Waals surface area contributed by atoms with Crippen molar-refractivity contribution in [3.63, 3.8) is 0 Å². The number of hydrogen-bond donors (Lipinski definition) is 3. The van der Waals surface area contributed by atoms with Crippen LogP contribution >= 0.6 is 22.9 Å². The molecule has 0 aliphatic carbocycles. The van der Waals surface area contributed by atoms with Gasteiger partial charge in [-0.2, -0.15) is 0 Å². The Bertz CT molecular complexity index is 974. The highest BCUT2D eigenvalue weighted by molar-refractivity contribution is 7.17. The molecule has 2 heterocycles. The molecular formula is C15H12ClN3O4S. The van der Waals surface area contributed by atoms with Crippen molar-refractivity contribution < 1.29 is 14.3 Å². The fourth-order valence-corrected chi connectivity index (χ4v) is 2.98. The van der Waals surface area contributed by atoms with Gasteiger partial charge in [-0.05, 0) is 37.3 Å². The number of halogens is 1. The number of hydrogen-bond acceptors (Lipinski definition) is 5. The number of esters is 1. The Morgan fingerprint density at radius 3 is 2.67 bits per heavy atom. The van der Waals surface area contributed by atoms with Gasteiger partial charge in [0.05, 0.1) is 15.4 Å². The number of carbonyl (C=O) groups is 2. The number of rotatable bonds is 4. The van der Waals surface area contributed by atoms with Gasteiger partial charge in [0, 0.05) is 5.69 Å². The molecule has 2 aromatic heterocycles. The molecule has 9 heteroatoms. The molecule has 0 fully saturated rings. The summed E-state index contributed by atoms with van der Waals surface area (Å²) < 4.78 is 5.58. The molecule has 0 aliphatic heterocycles. The highest BCUT2D eigenvalue weighted by atomic mass is 35.5. The SMILES string of the molecule is C[C@H](OC(=O)c1ccc(Cl)s1)C(=O)Nc1ccc2[nH]c(=O)[nH]c2c1. The summed E-state index contributed by atoms with van der Waals surface area (Å²) in [6, 6.07) is 8.03. The Morgan fingerprint density at radius 1 is 1.21 bits per heavy atom. The number of thiophene rings is 1.